The molecule has 2 heterocycles. The van der Waals surface area contributed by atoms with E-state index in [1.165, 1.54) is 17.0 Å². The molecule has 3 rings (SSSR count). The fourth-order valence-corrected chi connectivity index (χ4v) is 2.72. The highest BCUT2D eigenvalue weighted by molar-refractivity contribution is 5.96. The van der Waals surface area contributed by atoms with Gasteiger partial charge >= 0.3 is 6.09 Å². The molecule has 1 aromatic heterocycles. The predicted octanol–water partition coefficient (Wildman–Crippen LogP) is 2.96. The van der Waals surface area contributed by atoms with Gasteiger partial charge in [0.15, 0.2) is 0 Å². The van der Waals surface area contributed by atoms with Gasteiger partial charge in [0.2, 0.25) is 5.91 Å². The van der Waals surface area contributed by atoms with E-state index >= 15 is 0 Å². The molecule has 0 radical (unpaired) electrons. The van der Waals surface area contributed by atoms with E-state index in [1.54, 1.807) is 0 Å². The molecule has 0 aliphatic carbocycles. The van der Waals surface area contributed by atoms with Crippen molar-refractivity contribution >= 4 is 17.8 Å². The zero-order valence-corrected chi connectivity index (χ0v) is 13.5. The molecule has 0 unspecified atom stereocenters. The van der Waals surface area contributed by atoms with Crippen molar-refractivity contribution in [2.75, 3.05) is 11.9 Å². The molecule has 25 heavy (non-hydrogen) atoms. The number of pyridine rings is 1. The Hall–Kier alpha value is -2.96. The van der Waals surface area contributed by atoms with E-state index in [2.05, 4.69) is 10.3 Å². The molecule has 1 fully saturated rings. The maximum Gasteiger partial charge on any atom is 0.410 e. The third-order valence-electron chi connectivity index (χ3n) is 3.97. The summed E-state index contributed by atoms with van der Waals surface area (Å²) in [5.74, 6) is -0.589. The molecule has 2 amide bonds. The normalized spacial score (nSPS) is 16.5. The minimum Gasteiger partial charge on any atom is -0.445 e. The van der Waals surface area contributed by atoms with E-state index in [0.717, 1.165) is 18.2 Å². The van der Waals surface area contributed by atoms with Gasteiger partial charge in [-0.25, -0.2) is 14.2 Å². The number of nitrogens with zero attached hydrogens (tertiary/aromatic N) is 2. The number of ether oxygens (including phenoxy) is 1. The van der Waals surface area contributed by atoms with E-state index in [-0.39, 0.29) is 18.3 Å². The predicted molar refractivity (Wildman–Crippen MR) is 89.2 cm³/mol. The fraction of sp³-hybridized carbons (Fsp3) is 0.278. The number of amides is 2. The number of hydrogen-bond donors (Lipinski definition) is 1. The standard InChI is InChI=1S/C18H18FN3O3/c19-14-8-9-16(20-11-14)21-17(23)15-7-4-10-22(15)18(24)25-12-13-5-2-1-3-6-13/h1-3,5-6,8-9,11,15H,4,7,10,12H2,(H,20,21,23)/t15-/m1/s1. The van der Waals surface area contributed by atoms with Gasteiger partial charge in [-0.2, -0.15) is 0 Å². The van der Waals surface area contributed by atoms with Crippen LogP contribution in [-0.4, -0.2) is 34.5 Å². The number of anilines is 1. The van der Waals surface area contributed by atoms with Gasteiger partial charge in [-0.1, -0.05) is 30.3 Å². The lowest BCUT2D eigenvalue weighted by Crippen LogP contribution is -2.43. The second kappa shape index (κ2) is 7.74. The number of rotatable bonds is 4. The van der Waals surface area contributed by atoms with Gasteiger partial charge in [0.25, 0.3) is 0 Å². The summed E-state index contributed by atoms with van der Waals surface area (Å²) in [7, 11) is 0. The van der Waals surface area contributed by atoms with Gasteiger partial charge in [-0.05, 0) is 30.5 Å². The molecular formula is C18H18FN3O3. The highest BCUT2D eigenvalue weighted by Crippen LogP contribution is 2.20. The maximum atomic E-state index is 12.9. The summed E-state index contributed by atoms with van der Waals surface area (Å²) >= 11 is 0. The lowest BCUT2D eigenvalue weighted by Gasteiger charge is -2.23. The minimum atomic E-state index is -0.616. The van der Waals surface area contributed by atoms with Crippen LogP contribution in [-0.2, 0) is 16.1 Å². The largest absolute Gasteiger partial charge is 0.445 e. The summed E-state index contributed by atoms with van der Waals surface area (Å²) in [6.07, 6.45) is 1.77. The average Bonchev–Trinajstić information content (AvgIpc) is 3.12. The minimum absolute atomic E-state index is 0.157. The van der Waals surface area contributed by atoms with Crippen LogP contribution in [0.3, 0.4) is 0 Å². The molecular weight excluding hydrogens is 325 g/mol. The molecule has 130 valence electrons. The Morgan fingerprint density at radius 1 is 1.24 bits per heavy atom. The Morgan fingerprint density at radius 3 is 2.76 bits per heavy atom. The summed E-state index contributed by atoms with van der Waals surface area (Å²) < 4.78 is 18.2. The van der Waals surface area contributed by atoms with E-state index in [1.807, 2.05) is 30.3 Å². The molecule has 2 aromatic rings. The number of nitrogens with one attached hydrogen (secondary N) is 1. The lowest BCUT2D eigenvalue weighted by atomic mass is 10.2. The van der Waals surface area contributed by atoms with Crippen molar-refractivity contribution < 1.29 is 18.7 Å². The van der Waals surface area contributed by atoms with Crippen molar-refractivity contribution in [3.63, 3.8) is 0 Å². The van der Waals surface area contributed by atoms with E-state index < -0.39 is 18.0 Å². The smallest absolute Gasteiger partial charge is 0.410 e. The van der Waals surface area contributed by atoms with Crippen LogP contribution >= 0.6 is 0 Å². The van der Waals surface area contributed by atoms with E-state index in [0.29, 0.717) is 13.0 Å². The molecule has 0 spiro atoms. The molecule has 0 bridgehead atoms. The third kappa shape index (κ3) is 4.32. The van der Waals surface area contributed by atoms with Crippen LogP contribution in [0.4, 0.5) is 15.0 Å². The first-order chi connectivity index (χ1) is 12.1. The zero-order chi connectivity index (χ0) is 17.6. The molecule has 6 nitrogen and oxygen atoms in total. The first-order valence-corrected chi connectivity index (χ1v) is 8.03. The van der Waals surface area contributed by atoms with Crippen LogP contribution in [0.2, 0.25) is 0 Å². The third-order valence-corrected chi connectivity index (χ3v) is 3.97. The second-order valence-electron chi connectivity index (χ2n) is 5.74. The van der Waals surface area contributed by atoms with Crippen LogP contribution in [0.25, 0.3) is 0 Å². The van der Waals surface area contributed by atoms with Gasteiger partial charge in [0, 0.05) is 6.54 Å². The Labute approximate surface area is 144 Å². The van der Waals surface area contributed by atoms with Crippen molar-refractivity contribution in [2.24, 2.45) is 0 Å². The first kappa shape index (κ1) is 16.9. The maximum absolute atomic E-state index is 12.9. The van der Waals surface area contributed by atoms with Crippen LogP contribution < -0.4 is 5.32 Å². The van der Waals surface area contributed by atoms with Crippen molar-refractivity contribution in [1.29, 1.82) is 0 Å². The number of halogens is 1. The Kier molecular flexibility index (Phi) is 5.23. The summed E-state index contributed by atoms with van der Waals surface area (Å²) in [6.45, 7) is 0.618. The summed E-state index contributed by atoms with van der Waals surface area (Å²) in [5, 5.41) is 2.60. The zero-order valence-electron chi connectivity index (χ0n) is 13.5. The molecule has 7 heteroatoms. The van der Waals surface area contributed by atoms with Crippen molar-refractivity contribution in [3.05, 3.63) is 60.0 Å². The topological polar surface area (TPSA) is 71.5 Å². The highest BCUT2D eigenvalue weighted by atomic mass is 19.1. The van der Waals surface area contributed by atoms with Gasteiger partial charge < -0.3 is 10.1 Å². The molecule has 0 saturated carbocycles. The van der Waals surface area contributed by atoms with E-state index in [9.17, 15) is 14.0 Å². The number of likely N-dealkylation sites (tertiary alicyclic amines) is 1. The van der Waals surface area contributed by atoms with Crippen molar-refractivity contribution in [3.8, 4) is 0 Å². The summed E-state index contributed by atoms with van der Waals surface area (Å²) in [5.41, 5.74) is 0.881. The van der Waals surface area contributed by atoms with Gasteiger partial charge in [0.05, 0.1) is 6.20 Å². The summed E-state index contributed by atoms with van der Waals surface area (Å²) in [6, 6.07) is 11.3. The molecule has 1 aliphatic rings. The SMILES string of the molecule is O=C(Nc1ccc(F)cn1)[C@H]1CCCN1C(=O)OCc1ccccc1. The van der Waals surface area contributed by atoms with Crippen LogP contribution in [0.15, 0.2) is 48.7 Å². The Morgan fingerprint density at radius 2 is 2.04 bits per heavy atom. The number of aromatic nitrogens is 1. The van der Waals surface area contributed by atoms with Crippen molar-refractivity contribution in [1.82, 2.24) is 9.88 Å². The average molecular weight is 343 g/mol. The molecule has 1 N–H and O–H groups in total. The second-order valence-corrected chi connectivity index (χ2v) is 5.74. The van der Waals surface area contributed by atoms with Crippen LogP contribution in [0.5, 0.6) is 0 Å². The number of carbonyl (C=O) groups excluding carboxylic acids is 2. The first-order valence-electron chi connectivity index (χ1n) is 8.03. The van der Waals surface area contributed by atoms with E-state index in [4.69, 9.17) is 4.74 Å². The van der Waals surface area contributed by atoms with Crippen molar-refractivity contribution in [2.45, 2.75) is 25.5 Å². The summed E-state index contributed by atoms with van der Waals surface area (Å²) in [4.78, 5) is 29.9. The fourth-order valence-electron chi connectivity index (χ4n) is 2.72. The number of carbonyl (C=O) groups is 2. The van der Waals surface area contributed by atoms with Gasteiger partial charge in [-0.15, -0.1) is 0 Å². The molecule has 1 atom stereocenters. The van der Waals surface area contributed by atoms with Gasteiger partial charge in [0.1, 0.15) is 24.3 Å². The van der Waals surface area contributed by atoms with Crippen LogP contribution in [0, 0.1) is 5.82 Å². The quantitative estimate of drug-likeness (QED) is 0.926. The van der Waals surface area contributed by atoms with Crippen LogP contribution in [0.1, 0.15) is 18.4 Å². The monoisotopic (exact) mass is 343 g/mol. The van der Waals surface area contributed by atoms with Gasteiger partial charge in [-0.3, -0.25) is 9.69 Å². The Bertz CT molecular complexity index is 737. The molecule has 1 saturated heterocycles. The molecule has 1 aliphatic heterocycles. The highest BCUT2D eigenvalue weighted by Gasteiger charge is 2.35. The number of hydrogen-bond acceptors (Lipinski definition) is 4. The molecule has 1 aromatic carbocycles. The number of benzene rings is 1. The Balaban J connectivity index is 1.58. The lowest BCUT2D eigenvalue weighted by molar-refractivity contribution is -0.120.